The molecule has 0 radical (unpaired) electrons. The molecule has 0 bridgehead atoms. The quantitative estimate of drug-likeness (QED) is 0.478. The van der Waals surface area contributed by atoms with Crippen molar-refractivity contribution < 1.29 is 28.6 Å². The van der Waals surface area contributed by atoms with Crippen LogP contribution in [0.5, 0.6) is 11.5 Å². The van der Waals surface area contributed by atoms with Crippen molar-refractivity contribution in [2.45, 2.75) is 26.3 Å². The van der Waals surface area contributed by atoms with Gasteiger partial charge in [-0.05, 0) is 50.6 Å². The topological polar surface area (TPSA) is 101 Å². The Morgan fingerprint density at radius 3 is 2.38 bits per heavy atom. The first kappa shape index (κ1) is 28.9. The summed E-state index contributed by atoms with van der Waals surface area (Å²) in [7, 11) is 3.16. The van der Waals surface area contributed by atoms with Crippen molar-refractivity contribution in [1.29, 1.82) is 0 Å². The van der Waals surface area contributed by atoms with Crippen LogP contribution in [0.1, 0.15) is 42.2 Å². The average molecular weight is 551 g/mol. The van der Waals surface area contributed by atoms with Crippen LogP contribution >= 0.6 is 0 Å². The third kappa shape index (κ3) is 6.22. The first-order valence-electron chi connectivity index (χ1n) is 13.7. The van der Waals surface area contributed by atoms with Crippen LogP contribution < -0.4 is 14.8 Å². The summed E-state index contributed by atoms with van der Waals surface area (Å²) in [5.41, 5.74) is 2.29. The molecule has 1 N–H and O–H groups in total. The second kappa shape index (κ2) is 13.3. The highest BCUT2D eigenvalue weighted by Gasteiger charge is 2.39. The zero-order valence-corrected chi connectivity index (χ0v) is 23.6. The lowest BCUT2D eigenvalue weighted by Crippen LogP contribution is -2.51. The number of urea groups is 1. The second-order valence-electron chi connectivity index (χ2n) is 9.60. The summed E-state index contributed by atoms with van der Waals surface area (Å²) in [4.78, 5) is 45.6. The smallest absolute Gasteiger partial charge is 0.338 e. The number of ether oxygens (including phenoxy) is 3. The van der Waals surface area contributed by atoms with E-state index in [-0.39, 0.29) is 18.5 Å². The molecule has 4 rings (SSSR count). The van der Waals surface area contributed by atoms with Gasteiger partial charge < -0.3 is 24.4 Å². The molecule has 2 aliphatic rings. The van der Waals surface area contributed by atoms with Crippen LogP contribution in [0.15, 0.2) is 59.8 Å². The molecule has 1 saturated heterocycles. The maximum Gasteiger partial charge on any atom is 0.338 e. The number of nitrogens with one attached hydrogen (secondary N) is 1. The van der Waals surface area contributed by atoms with E-state index in [2.05, 4.69) is 10.2 Å². The van der Waals surface area contributed by atoms with Crippen molar-refractivity contribution in [3.8, 4) is 11.5 Å². The maximum absolute atomic E-state index is 13.4. The molecule has 0 aromatic heterocycles. The summed E-state index contributed by atoms with van der Waals surface area (Å²) >= 11 is 0. The zero-order chi connectivity index (χ0) is 28.6. The number of nitrogens with zero attached hydrogens (tertiary/aromatic N) is 3. The van der Waals surface area contributed by atoms with Gasteiger partial charge in [-0.1, -0.05) is 18.2 Å². The van der Waals surface area contributed by atoms with Gasteiger partial charge in [-0.25, -0.2) is 9.59 Å². The molecule has 3 amide bonds. The summed E-state index contributed by atoms with van der Waals surface area (Å²) in [6, 6.07) is 13.5. The number of rotatable bonds is 9. The van der Waals surface area contributed by atoms with Gasteiger partial charge in [0.15, 0.2) is 0 Å². The van der Waals surface area contributed by atoms with Gasteiger partial charge in [0.05, 0.1) is 32.4 Å². The molecule has 2 aromatic carbocycles. The van der Waals surface area contributed by atoms with Crippen LogP contribution in [-0.2, 0) is 9.53 Å². The lowest BCUT2D eigenvalue weighted by molar-refractivity contribution is -0.139. The van der Waals surface area contributed by atoms with Gasteiger partial charge in [-0.15, -0.1) is 0 Å². The molecule has 0 spiro atoms. The van der Waals surface area contributed by atoms with E-state index in [1.807, 2.05) is 30.0 Å². The number of hydrogen-bond acceptors (Lipinski definition) is 7. The minimum atomic E-state index is -0.722. The predicted molar refractivity (Wildman–Crippen MR) is 150 cm³/mol. The van der Waals surface area contributed by atoms with E-state index in [1.165, 1.54) is 0 Å². The largest absolute Gasteiger partial charge is 0.497 e. The molecule has 40 heavy (non-hydrogen) atoms. The molecule has 1 unspecified atom stereocenters. The van der Waals surface area contributed by atoms with Gasteiger partial charge in [0, 0.05) is 56.1 Å². The minimum Gasteiger partial charge on any atom is -0.497 e. The van der Waals surface area contributed by atoms with Gasteiger partial charge in [0.25, 0.3) is 5.91 Å². The Bertz CT molecular complexity index is 1250. The number of benzene rings is 2. The lowest BCUT2D eigenvalue weighted by atomic mass is 9.93. The molecule has 0 saturated carbocycles. The van der Waals surface area contributed by atoms with Gasteiger partial charge in [0.2, 0.25) is 0 Å². The van der Waals surface area contributed by atoms with Crippen LogP contribution in [-0.4, -0.2) is 92.7 Å². The average Bonchev–Trinajstić information content (AvgIpc) is 3.22. The second-order valence-corrected chi connectivity index (χ2v) is 9.60. The standard InChI is InChI=1S/C30H38N4O6/c1-5-34-24(20-32-16-9-17-33(19-18-32)28(35)21-12-14-22(38-3)15-13-21)26(29(36)40-6-2)27(31-30(34)37)23-10-7-8-11-25(23)39-4/h7-8,10-15,27H,5-6,9,16-20H2,1-4H3,(H,31,37). The number of para-hydroxylation sites is 1. The fraction of sp³-hybridized carbons (Fsp3) is 0.433. The molecule has 2 aromatic rings. The maximum atomic E-state index is 13.4. The van der Waals surface area contributed by atoms with E-state index in [0.717, 1.165) is 6.42 Å². The zero-order valence-electron chi connectivity index (χ0n) is 23.6. The summed E-state index contributed by atoms with van der Waals surface area (Å²) < 4.78 is 16.3. The summed E-state index contributed by atoms with van der Waals surface area (Å²) in [6.45, 7) is 7.06. The first-order valence-corrected chi connectivity index (χ1v) is 13.7. The van der Waals surface area contributed by atoms with Crippen molar-refractivity contribution in [2.75, 3.05) is 60.1 Å². The van der Waals surface area contributed by atoms with Crippen LogP contribution in [0.2, 0.25) is 0 Å². The lowest BCUT2D eigenvalue weighted by Gasteiger charge is -2.38. The first-order chi connectivity index (χ1) is 19.4. The molecular formula is C30H38N4O6. The molecule has 0 aliphatic carbocycles. The highest BCUT2D eigenvalue weighted by Crippen LogP contribution is 2.36. The van der Waals surface area contributed by atoms with E-state index in [4.69, 9.17) is 14.2 Å². The van der Waals surface area contributed by atoms with Crippen molar-refractivity contribution in [3.05, 3.63) is 70.9 Å². The summed E-state index contributed by atoms with van der Waals surface area (Å²) in [5, 5.41) is 2.99. The van der Waals surface area contributed by atoms with Gasteiger partial charge in [-0.3, -0.25) is 14.6 Å². The number of methoxy groups -OCH3 is 2. The van der Waals surface area contributed by atoms with E-state index in [0.29, 0.717) is 73.2 Å². The number of amides is 3. The number of esters is 1. The molecule has 214 valence electrons. The third-order valence-electron chi connectivity index (χ3n) is 7.29. The van der Waals surface area contributed by atoms with Crippen molar-refractivity contribution in [2.24, 2.45) is 0 Å². The van der Waals surface area contributed by atoms with E-state index in [9.17, 15) is 14.4 Å². The van der Waals surface area contributed by atoms with Crippen molar-refractivity contribution >= 4 is 17.9 Å². The monoisotopic (exact) mass is 550 g/mol. The normalized spacial score (nSPS) is 18.2. The fourth-order valence-corrected chi connectivity index (χ4v) is 5.26. The highest BCUT2D eigenvalue weighted by atomic mass is 16.5. The molecule has 2 heterocycles. The van der Waals surface area contributed by atoms with Gasteiger partial charge >= 0.3 is 12.0 Å². The van der Waals surface area contributed by atoms with E-state index >= 15 is 0 Å². The number of carbonyl (C=O) groups excluding carboxylic acids is 3. The minimum absolute atomic E-state index is 0.0283. The Balaban J connectivity index is 1.62. The highest BCUT2D eigenvalue weighted by molar-refractivity contribution is 5.96. The van der Waals surface area contributed by atoms with Crippen LogP contribution in [0.4, 0.5) is 4.79 Å². The molecule has 1 atom stereocenters. The Morgan fingerprint density at radius 2 is 1.70 bits per heavy atom. The Hall–Kier alpha value is -4.05. The Kier molecular flexibility index (Phi) is 9.65. The molecule has 1 fully saturated rings. The summed E-state index contributed by atoms with van der Waals surface area (Å²) in [6.07, 6.45) is 0.762. The molecular weight excluding hydrogens is 512 g/mol. The van der Waals surface area contributed by atoms with Crippen LogP contribution in [0.3, 0.4) is 0 Å². The molecule has 10 nitrogen and oxygen atoms in total. The number of likely N-dealkylation sites (N-methyl/N-ethyl adjacent to an activating group) is 1. The number of carbonyl (C=O) groups is 3. The fourth-order valence-electron chi connectivity index (χ4n) is 5.26. The third-order valence-corrected chi connectivity index (χ3v) is 7.29. The Morgan fingerprint density at radius 1 is 0.950 bits per heavy atom. The van der Waals surface area contributed by atoms with Crippen molar-refractivity contribution in [1.82, 2.24) is 20.0 Å². The van der Waals surface area contributed by atoms with Crippen LogP contribution in [0.25, 0.3) is 0 Å². The predicted octanol–water partition coefficient (Wildman–Crippen LogP) is 3.46. The van der Waals surface area contributed by atoms with Crippen molar-refractivity contribution in [3.63, 3.8) is 0 Å². The van der Waals surface area contributed by atoms with Crippen LogP contribution in [0, 0.1) is 0 Å². The SMILES string of the molecule is CCOC(=O)C1=C(CN2CCCN(C(=O)c3ccc(OC)cc3)CC2)N(CC)C(=O)NC1c1ccccc1OC. The molecule has 10 heteroatoms. The molecule has 2 aliphatic heterocycles. The summed E-state index contributed by atoms with van der Waals surface area (Å²) in [5.74, 6) is 0.770. The number of hydrogen-bond donors (Lipinski definition) is 1. The Labute approximate surface area is 235 Å². The van der Waals surface area contributed by atoms with E-state index in [1.54, 1.807) is 56.4 Å². The van der Waals surface area contributed by atoms with E-state index < -0.39 is 12.0 Å². The van der Waals surface area contributed by atoms with Gasteiger partial charge in [0.1, 0.15) is 11.5 Å². The van der Waals surface area contributed by atoms with Gasteiger partial charge in [-0.2, -0.15) is 0 Å².